The second-order valence-corrected chi connectivity index (χ2v) is 5.53. The Morgan fingerprint density at radius 2 is 2.05 bits per heavy atom. The van der Waals surface area contributed by atoms with Crippen molar-refractivity contribution in [3.63, 3.8) is 0 Å². The number of carbonyl (C=O) groups is 1. The molecule has 0 aromatic heterocycles. The number of anilines is 1. The second kappa shape index (κ2) is 5.96. The summed E-state index contributed by atoms with van der Waals surface area (Å²) in [7, 11) is 0. The van der Waals surface area contributed by atoms with Crippen LogP contribution in [0, 0.1) is 12.7 Å². The number of rotatable bonds is 4. The molecule has 0 bridgehead atoms. The van der Waals surface area contributed by atoms with Crippen molar-refractivity contribution < 1.29 is 9.18 Å². The Balaban J connectivity index is 2.21. The molecule has 0 saturated heterocycles. The van der Waals surface area contributed by atoms with Crippen LogP contribution in [0.5, 0.6) is 0 Å². The van der Waals surface area contributed by atoms with E-state index in [1.54, 1.807) is 0 Å². The summed E-state index contributed by atoms with van der Waals surface area (Å²) in [6.45, 7) is 2.00. The van der Waals surface area contributed by atoms with E-state index in [1.807, 2.05) is 31.2 Å². The van der Waals surface area contributed by atoms with Crippen LogP contribution in [-0.4, -0.2) is 5.91 Å². The third-order valence-electron chi connectivity index (χ3n) is 2.85. The van der Waals surface area contributed by atoms with Gasteiger partial charge in [-0.2, -0.15) is 0 Å². The molecule has 5 heteroatoms. The largest absolute Gasteiger partial charge is 0.398 e. The lowest BCUT2D eigenvalue weighted by atomic mass is 10.1. The first kappa shape index (κ1) is 14.4. The van der Waals surface area contributed by atoms with Crippen LogP contribution in [0.1, 0.15) is 21.5 Å². The summed E-state index contributed by atoms with van der Waals surface area (Å²) in [5.41, 5.74) is 13.2. The van der Waals surface area contributed by atoms with Crippen LogP contribution < -0.4 is 11.5 Å². The Kier molecular flexibility index (Phi) is 4.29. The Labute approximate surface area is 121 Å². The number of primary amides is 1. The van der Waals surface area contributed by atoms with E-state index in [0.29, 0.717) is 10.6 Å². The molecule has 0 atom stereocenters. The van der Waals surface area contributed by atoms with E-state index >= 15 is 0 Å². The summed E-state index contributed by atoms with van der Waals surface area (Å²) in [5.74, 6) is -0.481. The first-order chi connectivity index (χ1) is 9.47. The normalized spacial score (nSPS) is 10.5. The van der Waals surface area contributed by atoms with E-state index in [0.717, 1.165) is 17.2 Å². The highest BCUT2D eigenvalue weighted by Crippen LogP contribution is 2.29. The van der Waals surface area contributed by atoms with E-state index in [1.165, 1.54) is 17.8 Å². The van der Waals surface area contributed by atoms with E-state index in [2.05, 4.69) is 0 Å². The van der Waals surface area contributed by atoms with Gasteiger partial charge in [0.1, 0.15) is 5.82 Å². The molecule has 0 radical (unpaired) electrons. The van der Waals surface area contributed by atoms with E-state index in [4.69, 9.17) is 11.5 Å². The molecule has 0 fully saturated rings. The number of nitrogen functional groups attached to an aromatic ring is 1. The van der Waals surface area contributed by atoms with Crippen molar-refractivity contribution in [2.75, 3.05) is 5.73 Å². The summed E-state index contributed by atoms with van der Waals surface area (Å²) in [5, 5.41) is 0. The highest BCUT2D eigenvalue weighted by atomic mass is 32.2. The molecular weight excluding hydrogens is 275 g/mol. The van der Waals surface area contributed by atoms with Gasteiger partial charge in [0, 0.05) is 16.3 Å². The van der Waals surface area contributed by atoms with Crippen molar-refractivity contribution >= 4 is 23.4 Å². The highest BCUT2D eigenvalue weighted by molar-refractivity contribution is 7.98. The van der Waals surface area contributed by atoms with Gasteiger partial charge < -0.3 is 11.5 Å². The third-order valence-corrected chi connectivity index (χ3v) is 3.95. The monoisotopic (exact) mass is 290 g/mol. The predicted molar refractivity (Wildman–Crippen MR) is 80.1 cm³/mol. The molecule has 0 aliphatic carbocycles. The van der Waals surface area contributed by atoms with Gasteiger partial charge in [0.15, 0.2) is 0 Å². The minimum atomic E-state index is -0.653. The molecule has 0 unspecified atom stereocenters. The van der Waals surface area contributed by atoms with Crippen molar-refractivity contribution in [1.29, 1.82) is 0 Å². The first-order valence-electron chi connectivity index (χ1n) is 6.04. The number of aryl methyl sites for hydroxylation is 1. The molecule has 1 amide bonds. The zero-order valence-corrected chi connectivity index (χ0v) is 11.8. The molecule has 0 heterocycles. The molecule has 0 aliphatic rings. The maximum Gasteiger partial charge on any atom is 0.250 e. The van der Waals surface area contributed by atoms with Gasteiger partial charge >= 0.3 is 0 Å². The number of thioether (sulfide) groups is 1. The predicted octanol–water partition coefficient (Wildman–Crippen LogP) is 3.11. The lowest BCUT2D eigenvalue weighted by Gasteiger charge is -2.08. The fourth-order valence-corrected chi connectivity index (χ4v) is 2.76. The summed E-state index contributed by atoms with van der Waals surface area (Å²) < 4.78 is 13.8. The molecule has 4 N–H and O–H groups in total. The molecule has 0 aliphatic heterocycles. The Morgan fingerprint density at radius 3 is 2.70 bits per heavy atom. The van der Waals surface area contributed by atoms with Crippen molar-refractivity contribution in [2.45, 2.75) is 17.6 Å². The van der Waals surface area contributed by atoms with Gasteiger partial charge in [0.2, 0.25) is 0 Å². The molecule has 2 rings (SSSR count). The van der Waals surface area contributed by atoms with Crippen molar-refractivity contribution in [2.24, 2.45) is 5.73 Å². The summed E-state index contributed by atoms with van der Waals surface area (Å²) in [6, 6.07) is 10.5. The molecule has 2 aromatic carbocycles. The molecule has 3 nitrogen and oxygen atoms in total. The average Bonchev–Trinajstić information content (AvgIpc) is 2.37. The fraction of sp³-hybridized carbons (Fsp3) is 0.133. The van der Waals surface area contributed by atoms with Crippen LogP contribution >= 0.6 is 11.8 Å². The standard InChI is InChI=1S/C15H15FN2OS/c1-9-3-2-4-10(5-9)8-20-14-6-11(15(18)19)13(17)7-12(14)16/h2-7H,8,17H2,1H3,(H2,18,19). The molecule has 0 saturated carbocycles. The van der Waals surface area contributed by atoms with Gasteiger partial charge in [-0.1, -0.05) is 29.8 Å². The van der Waals surface area contributed by atoms with E-state index < -0.39 is 11.7 Å². The zero-order chi connectivity index (χ0) is 14.7. The topological polar surface area (TPSA) is 69.1 Å². The molecule has 2 aromatic rings. The maximum absolute atomic E-state index is 13.8. The fourth-order valence-electron chi connectivity index (χ4n) is 1.86. The lowest BCUT2D eigenvalue weighted by Crippen LogP contribution is -2.14. The smallest absolute Gasteiger partial charge is 0.250 e. The quantitative estimate of drug-likeness (QED) is 0.671. The Bertz CT molecular complexity index is 658. The van der Waals surface area contributed by atoms with Crippen LogP contribution in [0.15, 0.2) is 41.3 Å². The maximum atomic E-state index is 13.8. The van der Waals surface area contributed by atoms with Crippen molar-refractivity contribution in [1.82, 2.24) is 0 Å². The SMILES string of the molecule is Cc1cccc(CSc2cc(C(N)=O)c(N)cc2F)c1. The van der Waals surface area contributed by atoms with E-state index in [-0.39, 0.29) is 11.3 Å². The summed E-state index contributed by atoms with van der Waals surface area (Å²) >= 11 is 1.31. The van der Waals surface area contributed by atoms with Crippen LogP contribution in [0.3, 0.4) is 0 Å². The molecule has 0 spiro atoms. The number of hydrogen-bond donors (Lipinski definition) is 2. The minimum absolute atomic E-state index is 0.0647. The van der Waals surface area contributed by atoms with E-state index in [9.17, 15) is 9.18 Å². The minimum Gasteiger partial charge on any atom is -0.398 e. The first-order valence-corrected chi connectivity index (χ1v) is 7.03. The van der Waals surface area contributed by atoms with Crippen LogP contribution in [0.2, 0.25) is 0 Å². The number of halogens is 1. The van der Waals surface area contributed by atoms with Gasteiger partial charge in [0.25, 0.3) is 5.91 Å². The van der Waals surface area contributed by atoms with Gasteiger partial charge in [-0.25, -0.2) is 4.39 Å². The van der Waals surface area contributed by atoms with Gasteiger partial charge in [-0.15, -0.1) is 11.8 Å². The third kappa shape index (κ3) is 3.30. The molecule has 20 heavy (non-hydrogen) atoms. The molecular formula is C15H15FN2OS. The summed E-state index contributed by atoms with van der Waals surface area (Å²) in [6.07, 6.45) is 0. The Hall–Kier alpha value is -2.01. The van der Waals surface area contributed by atoms with Crippen molar-refractivity contribution in [3.8, 4) is 0 Å². The zero-order valence-electron chi connectivity index (χ0n) is 11.0. The van der Waals surface area contributed by atoms with Crippen LogP contribution in [0.25, 0.3) is 0 Å². The number of carbonyl (C=O) groups excluding carboxylic acids is 1. The van der Waals surface area contributed by atoms with Crippen LogP contribution in [-0.2, 0) is 5.75 Å². The number of nitrogens with two attached hydrogens (primary N) is 2. The lowest BCUT2D eigenvalue weighted by molar-refractivity contribution is 0.100. The second-order valence-electron chi connectivity index (χ2n) is 4.51. The van der Waals surface area contributed by atoms with Gasteiger partial charge in [-0.3, -0.25) is 4.79 Å². The molecule has 104 valence electrons. The van der Waals surface area contributed by atoms with Crippen molar-refractivity contribution in [3.05, 3.63) is 58.9 Å². The van der Waals surface area contributed by atoms with Gasteiger partial charge in [0.05, 0.1) is 5.56 Å². The average molecular weight is 290 g/mol. The number of amides is 1. The van der Waals surface area contributed by atoms with Gasteiger partial charge in [-0.05, 0) is 24.6 Å². The highest BCUT2D eigenvalue weighted by Gasteiger charge is 2.12. The number of hydrogen-bond acceptors (Lipinski definition) is 3. The Morgan fingerprint density at radius 1 is 1.30 bits per heavy atom. The summed E-state index contributed by atoms with van der Waals surface area (Å²) in [4.78, 5) is 11.6. The van der Waals surface area contributed by atoms with Crippen LogP contribution in [0.4, 0.5) is 10.1 Å². The number of benzene rings is 2.